The van der Waals surface area contributed by atoms with Gasteiger partial charge < -0.3 is 4.90 Å². The van der Waals surface area contributed by atoms with Gasteiger partial charge in [-0.25, -0.2) is 4.98 Å². The van der Waals surface area contributed by atoms with Crippen molar-refractivity contribution in [2.75, 3.05) is 18.5 Å². The molecule has 1 aliphatic carbocycles. The van der Waals surface area contributed by atoms with Gasteiger partial charge in [0, 0.05) is 18.4 Å². The maximum Gasteiger partial charge on any atom is 0.289 e. The molecular weight excluding hydrogens is 326 g/mol. The van der Waals surface area contributed by atoms with Crippen molar-refractivity contribution in [2.24, 2.45) is 0 Å². The number of carbonyl (C=O) groups is 1. The van der Waals surface area contributed by atoms with Crippen LogP contribution in [0.4, 0.5) is 5.69 Å². The van der Waals surface area contributed by atoms with Crippen LogP contribution < -0.4 is 10.9 Å². The fraction of sp³-hybridized carbons (Fsp3) is 0.450. The summed E-state index contributed by atoms with van der Waals surface area (Å²) in [6.45, 7) is 4.78. The molecule has 2 N–H and O–H groups in total. The Morgan fingerprint density at radius 3 is 2.50 bits per heavy atom. The molecule has 2 aliphatic rings. The second-order valence-electron chi connectivity index (χ2n) is 7.57. The van der Waals surface area contributed by atoms with E-state index in [0.29, 0.717) is 0 Å². The molecule has 136 valence electrons. The van der Waals surface area contributed by atoms with E-state index < -0.39 is 0 Å². The molecule has 6 heteroatoms. The lowest BCUT2D eigenvalue weighted by Crippen LogP contribution is -2.41. The molecule has 2 aromatic rings. The molecule has 0 bridgehead atoms. The summed E-state index contributed by atoms with van der Waals surface area (Å²) in [4.78, 5) is 22.5. The van der Waals surface area contributed by atoms with E-state index in [2.05, 4.69) is 44.8 Å². The van der Waals surface area contributed by atoms with E-state index in [9.17, 15) is 4.79 Å². The molecular formula is C20H25N5O. The van der Waals surface area contributed by atoms with Gasteiger partial charge >= 0.3 is 0 Å². The summed E-state index contributed by atoms with van der Waals surface area (Å²) in [5, 5.41) is 0. The van der Waals surface area contributed by atoms with Crippen molar-refractivity contribution in [3.05, 3.63) is 54.1 Å². The summed E-state index contributed by atoms with van der Waals surface area (Å²) in [7, 11) is 0. The van der Waals surface area contributed by atoms with Gasteiger partial charge in [-0.3, -0.25) is 20.6 Å². The Labute approximate surface area is 154 Å². The van der Waals surface area contributed by atoms with Crippen LogP contribution in [0.25, 0.3) is 0 Å². The van der Waals surface area contributed by atoms with Gasteiger partial charge in [0.15, 0.2) is 0 Å². The number of piperidine rings is 1. The Morgan fingerprint density at radius 2 is 1.88 bits per heavy atom. The first-order valence-corrected chi connectivity index (χ1v) is 9.31. The SMILES string of the molecule is CC1(c2ccc(NNC(=O)c3cnccn3)cc2)CCN(C2CC2)CC1. The second-order valence-corrected chi connectivity index (χ2v) is 7.57. The van der Waals surface area contributed by atoms with Crippen molar-refractivity contribution in [1.29, 1.82) is 0 Å². The molecule has 1 saturated carbocycles. The molecule has 0 spiro atoms. The maximum atomic E-state index is 12.0. The van der Waals surface area contributed by atoms with Gasteiger partial charge in [-0.1, -0.05) is 19.1 Å². The summed E-state index contributed by atoms with van der Waals surface area (Å²) in [5.74, 6) is -0.304. The first kappa shape index (κ1) is 17.0. The minimum atomic E-state index is -0.304. The zero-order valence-electron chi connectivity index (χ0n) is 15.1. The number of amides is 1. The highest BCUT2D eigenvalue weighted by molar-refractivity contribution is 5.92. The fourth-order valence-corrected chi connectivity index (χ4v) is 3.68. The topological polar surface area (TPSA) is 70.1 Å². The lowest BCUT2D eigenvalue weighted by Gasteiger charge is -2.40. The summed E-state index contributed by atoms with van der Waals surface area (Å²) in [6, 6.07) is 9.24. The predicted octanol–water partition coefficient (Wildman–Crippen LogP) is 2.75. The van der Waals surface area contributed by atoms with Crippen LogP contribution >= 0.6 is 0 Å². The summed E-state index contributed by atoms with van der Waals surface area (Å²) >= 11 is 0. The average Bonchev–Trinajstić information content (AvgIpc) is 3.53. The summed E-state index contributed by atoms with van der Waals surface area (Å²) < 4.78 is 0. The zero-order valence-corrected chi connectivity index (χ0v) is 15.1. The Kier molecular flexibility index (Phi) is 4.59. The molecule has 26 heavy (non-hydrogen) atoms. The molecule has 0 radical (unpaired) electrons. The molecule has 1 amide bonds. The smallest absolute Gasteiger partial charge is 0.289 e. The van der Waals surface area contributed by atoms with Gasteiger partial charge in [-0.05, 0) is 61.9 Å². The monoisotopic (exact) mass is 351 g/mol. The first-order valence-electron chi connectivity index (χ1n) is 9.31. The molecule has 2 heterocycles. The van der Waals surface area contributed by atoms with Crippen molar-refractivity contribution in [3.63, 3.8) is 0 Å². The fourth-order valence-electron chi connectivity index (χ4n) is 3.68. The number of benzene rings is 1. The highest BCUT2D eigenvalue weighted by atomic mass is 16.2. The number of hydrogen-bond acceptors (Lipinski definition) is 5. The summed E-state index contributed by atoms with van der Waals surface area (Å²) in [5.41, 5.74) is 8.34. The van der Waals surface area contributed by atoms with Crippen molar-refractivity contribution < 1.29 is 4.79 Å². The lowest BCUT2D eigenvalue weighted by molar-refractivity contribution is 0.0957. The molecule has 2 fully saturated rings. The van der Waals surface area contributed by atoms with E-state index >= 15 is 0 Å². The van der Waals surface area contributed by atoms with Crippen LogP contribution in [0.2, 0.25) is 0 Å². The van der Waals surface area contributed by atoms with Crippen molar-refractivity contribution >= 4 is 11.6 Å². The van der Waals surface area contributed by atoms with Crippen molar-refractivity contribution in [3.8, 4) is 0 Å². The number of anilines is 1. The standard InChI is InChI=1S/C20H25N5O/c1-20(8-12-25(13-9-20)17-6-7-17)15-2-4-16(5-3-15)23-24-19(26)18-14-21-10-11-22-18/h2-5,10-11,14,17,23H,6-9,12-13H2,1H3,(H,24,26). The number of hydrogen-bond donors (Lipinski definition) is 2. The molecule has 1 aromatic heterocycles. The van der Waals surface area contributed by atoms with Crippen LogP contribution in [-0.4, -0.2) is 39.9 Å². The van der Waals surface area contributed by atoms with Gasteiger partial charge in [-0.15, -0.1) is 0 Å². The third-order valence-corrected chi connectivity index (χ3v) is 5.66. The third kappa shape index (κ3) is 3.70. The van der Waals surface area contributed by atoms with Crippen LogP contribution in [-0.2, 0) is 5.41 Å². The van der Waals surface area contributed by atoms with Crippen molar-refractivity contribution in [2.45, 2.75) is 44.1 Å². The van der Waals surface area contributed by atoms with Gasteiger partial charge in [-0.2, -0.15) is 0 Å². The highest BCUT2D eigenvalue weighted by Crippen LogP contribution is 2.39. The average molecular weight is 351 g/mol. The van der Waals surface area contributed by atoms with E-state index in [-0.39, 0.29) is 17.0 Å². The van der Waals surface area contributed by atoms with E-state index in [1.54, 1.807) is 6.20 Å². The second kappa shape index (κ2) is 7.03. The maximum absolute atomic E-state index is 12.0. The first-order chi connectivity index (χ1) is 12.6. The molecule has 0 atom stereocenters. The molecule has 0 unspecified atom stereocenters. The normalized spacial score (nSPS) is 19.7. The quantitative estimate of drug-likeness (QED) is 0.811. The highest BCUT2D eigenvalue weighted by Gasteiger charge is 2.37. The van der Waals surface area contributed by atoms with Gasteiger partial charge in [0.05, 0.1) is 11.9 Å². The Bertz CT molecular complexity index is 750. The van der Waals surface area contributed by atoms with E-state index in [1.807, 2.05) is 12.1 Å². The lowest BCUT2D eigenvalue weighted by atomic mass is 9.74. The number of likely N-dealkylation sites (tertiary alicyclic amines) is 1. The van der Waals surface area contributed by atoms with Crippen LogP contribution in [0.15, 0.2) is 42.9 Å². The Balaban J connectivity index is 1.34. The van der Waals surface area contributed by atoms with E-state index in [0.717, 1.165) is 11.7 Å². The number of rotatable bonds is 5. The zero-order chi connectivity index (χ0) is 18.0. The summed E-state index contributed by atoms with van der Waals surface area (Å²) in [6.07, 6.45) is 9.67. The van der Waals surface area contributed by atoms with Crippen LogP contribution in [0, 0.1) is 0 Å². The van der Waals surface area contributed by atoms with Crippen LogP contribution in [0.3, 0.4) is 0 Å². The number of nitrogens with one attached hydrogen (secondary N) is 2. The largest absolute Gasteiger partial charge is 0.300 e. The molecule has 1 saturated heterocycles. The predicted molar refractivity (Wildman–Crippen MR) is 101 cm³/mol. The van der Waals surface area contributed by atoms with E-state index in [4.69, 9.17) is 0 Å². The minimum Gasteiger partial charge on any atom is -0.300 e. The van der Waals surface area contributed by atoms with Crippen molar-refractivity contribution in [1.82, 2.24) is 20.3 Å². The van der Waals surface area contributed by atoms with Gasteiger partial charge in [0.1, 0.15) is 5.69 Å². The molecule has 1 aliphatic heterocycles. The Hall–Kier alpha value is -2.47. The number of hydrazine groups is 1. The number of aromatic nitrogens is 2. The molecule has 4 rings (SSSR count). The van der Waals surface area contributed by atoms with Gasteiger partial charge in [0.2, 0.25) is 0 Å². The molecule has 6 nitrogen and oxygen atoms in total. The molecule has 1 aromatic carbocycles. The number of nitrogens with zero attached hydrogens (tertiary/aromatic N) is 3. The van der Waals surface area contributed by atoms with Crippen LogP contribution in [0.1, 0.15) is 48.7 Å². The Morgan fingerprint density at radius 1 is 1.15 bits per heavy atom. The minimum absolute atomic E-state index is 0.243. The number of carbonyl (C=O) groups excluding carboxylic acids is 1. The third-order valence-electron chi connectivity index (χ3n) is 5.66. The van der Waals surface area contributed by atoms with E-state index in [1.165, 1.54) is 56.7 Å². The van der Waals surface area contributed by atoms with Crippen LogP contribution in [0.5, 0.6) is 0 Å². The van der Waals surface area contributed by atoms with Gasteiger partial charge in [0.25, 0.3) is 5.91 Å².